The van der Waals surface area contributed by atoms with E-state index in [-0.39, 0.29) is 0 Å². The Morgan fingerprint density at radius 2 is 2.40 bits per heavy atom. The topological polar surface area (TPSA) is 112 Å². The van der Waals surface area contributed by atoms with Gasteiger partial charge < -0.3 is 25.9 Å². The summed E-state index contributed by atoms with van der Waals surface area (Å²) in [5.41, 5.74) is 11.9. The highest BCUT2D eigenvalue weighted by molar-refractivity contribution is 7.20. The number of ether oxygens (including phenoxy) is 1. The molecule has 8 heteroatoms. The number of nitrogens with zero attached hydrogens (tertiary/aromatic N) is 2. The number of rotatable bonds is 7. The molecule has 0 unspecified atom stereocenters. The number of hydrogen-bond donors (Lipinski definition) is 3. The lowest BCUT2D eigenvalue weighted by Gasteiger charge is -1.98. The van der Waals surface area contributed by atoms with Crippen LogP contribution in [0.5, 0.6) is 0 Å². The summed E-state index contributed by atoms with van der Waals surface area (Å²) in [6.45, 7) is 1.51. The van der Waals surface area contributed by atoms with Gasteiger partial charge in [0.15, 0.2) is 10.9 Å². The first-order chi connectivity index (χ1) is 9.74. The summed E-state index contributed by atoms with van der Waals surface area (Å²) in [6.07, 6.45) is 1.60. The Labute approximate surface area is 120 Å². The smallest absolute Gasteiger partial charge is 0.182 e. The molecule has 5 N–H and O–H groups in total. The molecule has 0 fully saturated rings. The van der Waals surface area contributed by atoms with Crippen molar-refractivity contribution < 1.29 is 9.15 Å². The number of thiazole rings is 1. The zero-order valence-electron chi connectivity index (χ0n) is 11.1. The van der Waals surface area contributed by atoms with Crippen molar-refractivity contribution in [3.8, 4) is 11.5 Å². The molecule has 0 saturated heterocycles. The highest BCUT2D eigenvalue weighted by Crippen LogP contribution is 2.34. The molecule has 0 atom stereocenters. The van der Waals surface area contributed by atoms with E-state index in [0.717, 1.165) is 5.00 Å². The van der Waals surface area contributed by atoms with E-state index in [1.807, 2.05) is 12.1 Å². The lowest BCUT2D eigenvalue weighted by atomic mass is 10.3. The lowest BCUT2D eigenvalue weighted by Crippen LogP contribution is -1.98. The molecule has 108 valence electrons. The van der Waals surface area contributed by atoms with Crippen molar-refractivity contribution >= 4 is 27.8 Å². The molecule has 0 saturated carbocycles. The molecule has 7 nitrogen and oxygen atoms in total. The first-order valence-electron chi connectivity index (χ1n) is 6.03. The van der Waals surface area contributed by atoms with Gasteiger partial charge in [0.2, 0.25) is 0 Å². The molecule has 2 heterocycles. The number of methoxy groups -OCH3 is 1. The van der Waals surface area contributed by atoms with E-state index in [9.17, 15) is 0 Å². The van der Waals surface area contributed by atoms with E-state index in [0.29, 0.717) is 42.0 Å². The van der Waals surface area contributed by atoms with Crippen LogP contribution in [0.1, 0.15) is 5.76 Å². The number of nitrogen functional groups attached to an aromatic ring is 1. The fourth-order valence-corrected chi connectivity index (χ4v) is 2.23. The van der Waals surface area contributed by atoms with Gasteiger partial charge in [0.1, 0.15) is 16.5 Å². The summed E-state index contributed by atoms with van der Waals surface area (Å²) in [7, 11) is 1.64. The second-order valence-electron chi connectivity index (χ2n) is 3.87. The Morgan fingerprint density at radius 1 is 1.55 bits per heavy atom. The lowest BCUT2D eigenvalue weighted by molar-refractivity contribution is 0.208. The second kappa shape index (κ2) is 7.04. The maximum Gasteiger partial charge on any atom is 0.182 e. The molecule has 0 aliphatic rings. The molecule has 0 bridgehead atoms. The van der Waals surface area contributed by atoms with Gasteiger partial charge in [0.05, 0.1) is 26.0 Å². The van der Waals surface area contributed by atoms with Crippen LogP contribution in [0.25, 0.3) is 11.5 Å². The summed E-state index contributed by atoms with van der Waals surface area (Å²) in [6, 6.07) is 3.64. The fraction of sp³-hybridized carbons (Fsp3) is 0.333. The quantitative estimate of drug-likeness (QED) is 0.406. The van der Waals surface area contributed by atoms with Crippen LogP contribution in [0.2, 0.25) is 0 Å². The van der Waals surface area contributed by atoms with Crippen molar-refractivity contribution in [2.24, 2.45) is 10.7 Å². The third kappa shape index (κ3) is 3.56. The van der Waals surface area contributed by atoms with Crippen LogP contribution in [-0.2, 0) is 11.3 Å². The normalized spacial score (nSPS) is 11.3. The minimum Gasteiger partial charge on any atom is -0.458 e. The summed E-state index contributed by atoms with van der Waals surface area (Å²) >= 11 is 1.33. The van der Waals surface area contributed by atoms with Gasteiger partial charge in [-0.15, -0.1) is 0 Å². The molecular weight excluding hydrogens is 278 g/mol. The van der Waals surface area contributed by atoms with E-state index in [2.05, 4.69) is 15.3 Å². The van der Waals surface area contributed by atoms with Crippen molar-refractivity contribution in [2.75, 3.05) is 31.3 Å². The average molecular weight is 295 g/mol. The predicted molar refractivity (Wildman–Crippen MR) is 81.0 cm³/mol. The molecule has 20 heavy (non-hydrogen) atoms. The molecule has 0 aromatic carbocycles. The standard InChI is InChI=1S/C12H17N5O2S/c1-18-5-4-15-7-16-11-10(17-12(14)20-11)9-3-2-8(6-13)19-9/h2-3,7H,4-6,13H2,1H3,(H2,14,17)(H,15,16). The van der Waals surface area contributed by atoms with Crippen molar-refractivity contribution in [1.82, 2.24) is 4.98 Å². The molecular formula is C12H17N5O2S. The molecule has 2 aromatic heterocycles. The van der Waals surface area contributed by atoms with Gasteiger partial charge in [-0.1, -0.05) is 11.3 Å². The fourth-order valence-electron chi connectivity index (χ4n) is 1.53. The van der Waals surface area contributed by atoms with E-state index in [4.69, 9.17) is 20.6 Å². The Bertz CT molecular complexity index is 578. The van der Waals surface area contributed by atoms with Gasteiger partial charge in [-0.3, -0.25) is 4.99 Å². The summed E-state index contributed by atoms with van der Waals surface area (Å²) in [4.78, 5) is 8.40. The van der Waals surface area contributed by atoms with Gasteiger partial charge >= 0.3 is 0 Å². The van der Waals surface area contributed by atoms with E-state index >= 15 is 0 Å². The van der Waals surface area contributed by atoms with Crippen molar-refractivity contribution in [3.05, 3.63) is 17.9 Å². The summed E-state index contributed by atoms with van der Waals surface area (Å²) in [5.74, 6) is 1.33. The first kappa shape index (κ1) is 14.5. The van der Waals surface area contributed by atoms with Gasteiger partial charge in [-0.25, -0.2) is 4.98 Å². The second-order valence-corrected chi connectivity index (χ2v) is 4.90. The maximum atomic E-state index is 5.74. The number of anilines is 2. The van der Waals surface area contributed by atoms with Crippen molar-refractivity contribution in [1.29, 1.82) is 0 Å². The Balaban J connectivity index is 2.11. The minimum atomic E-state index is 0.348. The number of nitrogens with two attached hydrogens (primary N) is 2. The maximum absolute atomic E-state index is 5.74. The number of nitrogens with one attached hydrogen (secondary N) is 1. The molecule has 0 spiro atoms. The zero-order chi connectivity index (χ0) is 14.4. The van der Waals surface area contributed by atoms with Crippen molar-refractivity contribution in [2.45, 2.75) is 6.54 Å². The SMILES string of the molecule is COCCN=CNc1sc(N)nc1-c1ccc(CN)o1. The van der Waals surface area contributed by atoms with Gasteiger partial charge in [0.25, 0.3) is 0 Å². The van der Waals surface area contributed by atoms with E-state index in [1.54, 1.807) is 13.4 Å². The minimum absolute atomic E-state index is 0.348. The molecule has 0 amide bonds. The highest BCUT2D eigenvalue weighted by atomic mass is 32.1. The van der Waals surface area contributed by atoms with Crippen LogP contribution in [0.3, 0.4) is 0 Å². The molecule has 0 aliphatic carbocycles. The van der Waals surface area contributed by atoms with Crippen LogP contribution in [0.4, 0.5) is 10.1 Å². The molecule has 0 aliphatic heterocycles. The Kier molecular flexibility index (Phi) is 5.10. The van der Waals surface area contributed by atoms with Crippen molar-refractivity contribution in [3.63, 3.8) is 0 Å². The molecule has 2 rings (SSSR count). The molecule has 0 radical (unpaired) electrons. The number of aromatic nitrogens is 1. The third-order valence-electron chi connectivity index (χ3n) is 2.45. The van der Waals surface area contributed by atoms with E-state index in [1.165, 1.54) is 11.3 Å². The van der Waals surface area contributed by atoms with Gasteiger partial charge in [-0.2, -0.15) is 0 Å². The number of hydrogen-bond acceptors (Lipinski definition) is 7. The summed E-state index contributed by atoms with van der Waals surface area (Å²) in [5, 5.41) is 4.29. The van der Waals surface area contributed by atoms with Crippen LogP contribution >= 0.6 is 11.3 Å². The summed E-state index contributed by atoms with van der Waals surface area (Å²) < 4.78 is 10.5. The Morgan fingerprint density at radius 3 is 3.10 bits per heavy atom. The Hall–Kier alpha value is -1.90. The van der Waals surface area contributed by atoms with E-state index < -0.39 is 0 Å². The first-order valence-corrected chi connectivity index (χ1v) is 6.85. The monoisotopic (exact) mass is 295 g/mol. The molecule has 2 aromatic rings. The third-order valence-corrected chi connectivity index (χ3v) is 3.27. The van der Waals surface area contributed by atoms with Crippen LogP contribution in [0, 0.1) is 0 Å². The van der Waals surface area contributed by atoms with Crippen LogP contribution in [-0.4, -0.2) is 31.6 Å². The number of aliphatic imine (C=N–C) groups is 1. The van der Waals surface area contributed by atoms with Crippen LogP contribution < -0.4 is 16.8 Å². The largest absolute Gasteiger partial charge is 0.458 e. The predicted octanol–water partition coefficient (Wildman–Crippen LogP) is 1.53. The number of furan rings is 1. The van der Waals surface area contributed by atoms with Gasteiger partial charge in [-0.05, 0) is 12.1 Å². The zero-order valence-corrected chi connectivity index (χ0v) is 11.9. The average Bonchev–Trinajstić information content (AvgIpc) is 3.04. The van der Waals surface area contributed by atoms with Gasteiger partial charge in [0, 0.05) is 7.11 Å². The van der Waals surface area contributed by atoms with Crippen LogP contribution in [0.15, 0.2) is 21.5 Å². The highest BCUT2D eigenvalue weighted by Gasteiger charge is 2.14.